The molecule has 0 bridgehead atoms. The summed E-state index contributed by atoms with van der Waals surface area (Å²) in [6, 6.07) is 21.0. The van der Waals surface area contributed by atoms with E-state index in [0.29, 0.717) is 24.4 Å². The topological polar surface area (TPSA) is 62.5 Å². The summed E-state index contributed by atoms with van der Waals surface area (Å²) in [5.41, 5.74) is 3.18. The zero-order valence-electron chi connectivity index (χ0n) is 15.4. The average Bonchev–Trinajstić information content (AvgIpc) is 3.32. The number of aliphatic imine (C=N–C) groups is 1. The lowest BCUT2D eigenvalue weighted by atomic mass is 10.1. The van der Waals surface area contributed by atoms with Gasteiger partial charge < -0.3 is 15.1 Å². The standard InChI is InChI=1S/C22H24N4O/c1-2-23-22(26-20-13-19(20)16-9-5-3-6-10-16)24-14-18-15-27-21(25-18)17-11-7-4-8-12-17/h3-12,15,19-20H,2,13-14H2,1H3,(H2,23,24,26). The lowest BCUT2D eigenvalue weighted by Gasteiger charge is -2.10. The summed E-state index contributed by atoms with van der Waals surface area (Å²) in [6.45, 7) is 3.37. The Kier molecular flexibility index (Phi) is 5.19. The minimum atomic E-state index is 0.433. The van der Waals surface area contributed by atoms with Gasteiger partial charge in [0.25, 0.3) is 0 Å². The number of aromatic nitrogens is 1. The van der Waals surface area contributed by atoms with Crippen molar-refractivity contribution in [3.63, 3.8) is 0 Å². The lowest BCUT2D eigenvalue weighted by molar-refractivity contribution is 0.572. The van der Waals surface area contributed by atoms with Gasteiger partial charge in [-0.3, -0.25) is 0 Å². The van der Waals surface area contributed by atoms with E-state index in [4.69, 9.17) is 4.42 Å². The first-order valence-corrected chi connectivity index (χ1v) is 9.43. The predicted molar refractivity (Wildman–Crippen MR) is 107 cm³/mol. The van der Waals surface area contributed by atoms with E-state index in [9.17, 15) is 0 Å². The molecule has 2 unspecified atom stereocenters. The molecule has 0 aliphatic heterocycles. The molecule has 0 amide bonds. The van der Waals surface area contributed by atoms with Crippen LogP contribution >= 0.6 is 0 Å². The van der Waals surface area contributed by atoms with Crippen LogP contribution < -0.4 is 10.6 Å². The summed E-state index contributed by atoms with van der Waals surface area (Å²) in [6.07, 6.45) is 2.82. The monoisotopic (exact) mass is 360 g/mol. The van der Waals surface area contributed by atoms with Gasteiger partial charge in [0.15, 0.2) is 5.96 Å². The second-order valence-corrected chi connectivity index (χ2v) is 6.71. The molecular formula is C22H24N4O. The van der Waals surface area contributed by atoms with Crippen molar-refractivity contribution in [2.45, 2.75) is 31.8 Å². The molecule has 2 aromatic carbocycles. The number of hydrogen-bond donors (Lipinski definition) is 2. The number of nitrogens with one attached hydrogen (secondary N) is 2. The maximum atomic E-state index is 5.59. The van der Waals surface area contributed by atoms with Gasteiger partial charge in [0.05, 0.1) is 6.54 Å². The van der Waals surface area contributed by atoms with E-state index in [1.54, 1.807) is 6.26 Å². The molecule has 5 heteroatoms. The van der Waals surface area contributed by atoms with Crippen molar-refractivity contribution in [3.8, 4) is 11.5 Å². The summed E-state index contributed by atoms with van der Waals surface area (Å²) in [5, 5.41) is 6.84. The molecule has 2 atom stereocenters. The quantitative estimate of drug-likeness (QED) is 0.516. The van der Waals surface area contributed by atoms with Gasteiger partial charge in [0, 0.05) is 24.1 Å². The van der Waals surface area contributed by atoms with Crippen molar-refractivity contribution in [3.05, 3.63) is 78.2 Å². The summed E-state index contributed by atoms with van der Waals surface area (Å²) < 4.78 is 5.59. The molecule has 1 aromatic heterocycles. The Morgan fingerprint density at radius 3 is 2.59 bits per heavy atom. The predicted octanol–water partition coefficient (Wildman–Crippen LogP) is 3.95. The van der Waals surface area contributed by atoms with Crippen molar-refractivity contribution >= 4 is 5.96 Å². The fraction of sp³-hybridized carbons (Fsp3) is 0.273. The zero-order chi connectivity index (χ0) is 18.5. The highest BCUT2D eigenvalue weighted by molar-refractivity contribution is 5.80. The first-order chi connectivity index (χ1) is 13.3. The number of benzene rings is 2. The van der Waals surface area contributed by atoms with Crippen LogP contribution in [0.4, 0.5) is 0 Å². The fourth-order valence-electron chi connectivity index (χ4n) is 3.17. The van der Waals surface area contributed by atoms with Gasteiger partial charge in [-0.25, -0.2) is 9.98 Å². The van der Waals surface area contributed by atoms with Crippen LogP contribution in [0.1, 0.15) is 30.5 Å². The maximum absolute atomic E-state index is 5.59. The first-order valence-electron chi connectivity index (χ1n) is 9.43. The molecule has 1 aliphatic rings. The number of guanidine groups is 1. The van der Waals surface area contributed by atoms with E-state index in [-0.39, 0.29) is 0 Å². The Bertz CT molecular complexity index is 889. The van der Waals surface area contributed by atoms with Crippen molar-refractivity contribution in [1.29, 1.82) is 0 Å². The molecule has 4 rings (SSSR count). The Morgan fingerprint density at radius 1 is 1.11 bits per heavy atom. The lowest BCUT2D eigenvalue weighted by Crippen LogP contribution is -2.39. The number of nitrogens with zero attached hydrogens (tertiary/aromatic N) is 2. The Labute approximate surface area is 159 Å². The van der Waals surface area contributed by atoms with Crippen molar-refractivity contribution < 1.29 is 4.42 Å². The van der Waals surface area contributed by atoms with Crippen LogP contribution in [0.25, 0.3) is 11.5 Å². The van der Waals surface area contributed by atoms with E-state index < -0.39 is 0 Å². The van der Waals surface area contributed by atoms with Crippen LogP contribution in [0.2, 0.25) is 0 Å². The molecule has 2 N–H and O–H groups in total. The van der Waals surface area contributed by atoms with Gasteiger partial charge in [-0.2, -0.15) is 0 Å². The van der Waals surface area contributed by atoms with Crippen LogP contribution in [0.15, 0.2) is 76.3 Å². The second-order valence-electron chi connectivity index (χ2n) is 6.71. The minimum Gasteiger partial charge on any atom is -0.444 e. The van der Waals surface area contributed by atoms with E-state index in [2.05, 4.69) is 57.9 Å². The molecule has 0 saturated heterocycles. The third kappa shape index (κ3) is 4.37. The molecule has 27 heavy (non-hydrogen) atoms. The second kappa shape index (κ2) is 8.08. The molecular weight excluding hydrogens is 336 g/mol. The number of oxazole rings is 1. The third-order valence-electron chi connectivity index (χ3n) is 4.66. The van der Waals surface area contributed by atoms with Gasteiger partial charge in [0.2, 0.25) is 5.89 Å². The molecule has 1 saturated carbocycles. The largest absolute Gasteiger partial charge is 0.444 e. The van der Waals surface area contributed by atoms with Crippen molar-refractivity contribution in [2.24, 2.45) is 4.99 Å². The van der Waals surface area contributed by atoms with E-state index in [1.807, 2.05) is 30.3 Å². The molecule has 1 aliphatic carbocycles. The van der Waals surface area contributed by atoms with Crippen molar-refractivity contribution in [2.75, 3.05) is 6.54 Å². The Morgan fingerprint density at radius 2 is 1.85 bits per heavy atom. The maximum Gasteiger partial charge on any atom is 0.226 e. The molecule has 138 valence electrons. The molecule has 3 aromatic rings. The number of rotatable bonds is 6. The normalized spacial score (nSPS) is 18.9. The number of hydrogen-bond acceptors (Lipinski definition) is 3. The van der Waals surface area contributed by atoms with E-state index in [0.717, 1.165) is 30.2 Å². The Balaban J connectivity index is 1.38. The molecule has 0 spiro atoms. The fourth-order valence-corrected chi connectivity index (χ4v) is 3.17. The van der Waals surface area contributed by atoms with Crippen LogP contribution in [-0.2, 0) is 6.54 Å². The highest BCUT2D eigenvalue weighted by Gasteiger charge is 2.38. The molecule has 0 radical (unpaired) electrons. The van der Waals surface area contributed by atoms with Gasteiger partial charge in [-0.05, 0) is 31.0 Å². The summed E-state index contributed by atoms with van der Waals surface area (Å²) >= 11 is 0. The van der Waals surface area contributed by atoms with Gasteiger partial charge in [-0.15, -0.1) is 0 Å². The summed E-state index contributed by atoms with van der Waals surface area (Å²) in [7, 11) is 0. The Hall–Kier alpha value is -3.08. The van der Waals surface area contributed by atoms with Crippen LogP contribution in [-0.4, -0.2) is 23.5 Å². The highest BCUT2D eigenvalue weighted by Crippen LogP contribution is 2.40. The summed E-state index contributed by atoms with van der Waals surface area (Å²) in [4.78, 5) is 9.21. The van der Waals surface area contributed by atoms with Crippen LogP contribution in [0.3, 0.4) is 0 Å². The van der Waals surface area contributed by atoms with Gasteiger partial charge >= 0.3 is 0 Å². The molecule has 5 nitrogen and oxygen atoms in total. The molecule has 1 fully saturated rings. The summed E-state index contributed by atoms with van der Waals surface area (Å²) in [5.74, 6) is 2.02. The van der Waals surface area contributed by atoms with Crippen LogP contribution in [0.5, 0.6) is 0 Å². The van der Waals surface area contributed by atoms with E-state index >= 15 is 0 Å². The first kappa shape index (κ1) is 17.3. The SMILES string of the molecule is CCNC(=NCc1coc(-c2ccccc2)n1)NC1CC1c1ccccc1. The average molecular weight is 360 g/mol. The third-order valence-corrected chi connectivity index (χ3v) is 4.66. The van der Waals surface area contributed by atoms with Crippen molar-refractivity contribution in [1.82, 2.24) is 15.6 Å². The van der Waals surface area contributed by atoms with Crippen LogP contribution in [0, 0.1) is 0 Å². The van der Waals surface area contributed by atoms with E-state index in [1.165, 1.54) is 5.56 Å². The molecule has 1 heterocycles. The zero-order valence-corrected chi connectivity index (χ0v) is 15.4. The van der Waals surface area contributed by atoms with Gasteiger partial charge in [0.1, 0.15) is 12.0 Å². The van der Waals surface area contributed by atoms with Gasteiger partial charge in [-0.1, -0.05) is 48.5 Å². The highest BCUT2D eigenvalue weighted by atomic mass is 16.3. The minimum absolute atomic E-state index is 0.433. The smallest absolute Gasteiger partial charge is 0.226 e.